The predicted molar refractivity (Wildman–Crippen MR) is 105 cm³/mol. The van der Waals surface area contributed by atoms with Crippen LogP contribution in [0.4, 0.5) is 0 Å². The van der Waals surface area contributed by atoms with E-state index in [0.717, 1.165) is 19.0 Å². The van der Waals surface area contributed by atoms with Crippen LogP contribution in [0.3, 0.4) is 0 Å². The summed E-state index contributed by atoms with van der Waals surface area (Å²) in [5.74, 6) is 0.862. The number of halogens is 1. The lowest BCUT2D eigenvalue weighted by atomic mass is 10.1. The Kier molecular flexibility index (Phi) is 9.19. The summed E-state index contributed by atoms with van der Waals surface area (Å²) in [6.07, 6.45) is 5.23. The molecule has 134 valence electrons. The Morgan fingerprint density at radius 2 is 1.91 bits per heavy atom. The molecule has 6 nitrogen and oxygen atoms in total. The summed E-state index contributed by atoms with van der Waals surface area (Å²) in [6, 6.07) is 0.815. The third kappa shape index (κ3) is 6.45. The van der Waals surface area contributed by atoms with Gasteiger partial charge in [-0.15, -0.1) is 24.0 Å². The maximum atomic E-state index is 11.7. The zero-order valence-corrected chi connectivity index (χ0v) is 17.0. The smallest absolute Gasteiger partial charge is 0.239 e. The van der Waals surface area contributed by atoms with Gasteiger partial charge in [-0.2, -0.15) is 0 Å². The molecule has 1 amide bonds. The van der Waals surface area contributed by atoms with E-state index in [1.54, 1.807) is 7.05 Å². The van der Waals surface area contributed by atoms with Crippen molar-refractivity contribution in [3.05, 3.63) is 0 Å². The number of aliphatic imine (C=N–C) groups is 1. The second-order valence-electron chi connectivity index (χ2n) is 6.61. The van der Waals surface area contributed by atoms with Gasteiger partial charge in [0.2, 0.25) is 5.91 Å². The lowest BCUT2D eigenvalue weighted by Crippen LogP contribution is -2.47. The fourth-order valence-electron chi connectivity index (χ4n) is 3.38. The Labute approximate surface area is 157 Å². The monoisotopic (exact) mass is 437 g/mol. The number of nitrogens with one attached hydrogen (secondary N) is 2. The highest BCUT2D eigenvalue weighted by Crippen LogP contribution is 2.20. The summed E-state index contributed by atoms with van der Waals surface area (Å²) in [5, 5.41) is 6.08. The van der Waals surface area contributed by atoms with Gasteiger partial charge in [0.05, 0.1) is 6.54 Å². The molecule has 0 saturated carbocycles. The average molecular weight is 437 g/mol. The van der Waals surface area contributed by atoms with Gasteiger partial charge in [-0.05, 0) is 46.2 Å². The van der Waals surface area contributed by atoms with Crippen LogP contribution < -0.4 is 10.6 Å². The summed E-state index contributed by atoms with van der Waals surface area (Å²) in [5.41, 5.74) is 0. The molecule has 0 aliphatic carbocycles. The van der Waals surface area contributed by atoms with Gasteiger partial charge in [0.25, 0.3) is 0 Å². The lowest BCUT2D eigenvalue weighted by Gasteiger charge is -2.32. The molecule has 2 fully saturated rings. The van der Waals surface area contributed by atoms with Crippen LogP contribution in [-0.2, 0) is 4.79 Å². The number of carbonyl (C=O) groups is 1. The molecule has 2 heterocycles. The van der Waals surface area contributed by atoms with E-state index < -0.39 is 0 Å². The maximum Gasteiger partial charge on any atom is 0.239 e. The van der Waals surface area contributed by atoms with Gasteiger partial charge < -0.3 is 15.5 Å². The fraction of sp³-hybridized carbons (Fsp3) is 0.875. The van der Waals surface area contributed by atoms with E-state index in [0.29, 0.717) is 6.04 Å². The summed E-state index contributed by atoms with van der Waals surface area (Å²) in [6.45, 7) is 8.74. The van der Waals surface area contributed by atoms with Crippen LogP contribution in [0.2, 0.25) is 0 Å². The molecule has 7 heteroatoms. The molecule has 2 rings (SSSR count). The summed E-state index contributed by atoms with van der Waals surface area (Å²) < 4.78 is 0. The molecule has 2 aliphatic rings. The maximum absolute atomic E-state index is 11.7. The van der Waals surface area contributed by atoms with Crippen molar-refractivity contribution >= 4 is 35.8 Å². The number of carbonyl (C=O) groups excluding carboxylic acids is 1. The van der Waals surface area contributed by atoms with Crippen molar-refractivity contribution < 1.29 is 4.79 Å². The largest absolute Gasteiger partial charge is 0.352 e. The fourth-order valence-corrected chi connectivity index (χ4v) is 3.38. The molecular weight excluding hydrogens is 405 g/mol. The van der Waals surface area contributed by atoms with E-state index in [4.69, 9.17) is 0 Å². The minimum absolute atomic E-state index is 0. The third-order valence-electron chi connectivity index (χ3n) is 4.44. The molecule has 1 unspecified atom stereocenters. The lowest BCUT2D eigenvalue weighted by molar-refractivity contribution is -0.120. The Bertz CT molecular complexity index is 396. The first-order chi connectivity index (χ1) is 10.6. The van der Waals surface area contributed by atoms with Gasteiger partial charge in [0.15, 0.2) is 5.96 Å². The van der Waals surface area contributed by atoms with Gasteiger partial charge in [-0.3, -0.25) is 14.7 Å². The first kappa shape index (κ1) is 20.5. The SMILES string of the molecule is CN=C(NCC(=O)NC(C)C)N1CCC(N2CCCCC2)C1.I. The van der Waals surface area contributed by atoms with Gasteiger partial charge >= 0.3 is 0 Å². The number of likely N-dealkylation sites (tertiary alicyclic amines) is 2. The van der Waals surface area contributed by atoms with Crippen molar-refractivity contribution in [2.75, 3.05) is 39.8 Å². The van der Waals surface area contributed by atoms with Crippen LogP contribution >= 0.6 is 24.0 Å². The third-order valence-corrected chi connectivity index (χ3v) is 4.44. The molecule has 0 bridgehead atoms. The van der Waals surface area contributed by atoms with Crippen molar-refractivity contribution in [1.82, 2.24) is 20.4 Å². The van der Waals surface area contributed by atoms with Gasteiger partial charge in [0.1, 0.15) is 0 Å². The molecule has 0 aromatic rings. The average Bonchev–Trinajstić information content (AvgIpc) is 2.98. The number of hydrogen-bond donors (Lipinski definition) is 2. The van der Waals surface area contributed by atoms with Gasteiger partial charge in [0, 0.05) is 32.2 Å². The Morgan fingerprint density at radius 3 is 2.52 bits per heavy atom. The van der Waals surface area contributed by atoms with E-state index in [1.807, 2.05) is 13.8 Å². The molecule has 2 aliphatic heterocycles. The molecule has 2 saturated heterocycles. The number of hydrogen-bond acceptors (Lipinski definition) is 3. The van der Waals surface area contributed by atoms with Crippen LogP contribution in [0.5, 0.6) is 0 Å². The zero-order chi connectivity index (χ0) is 15.9. The van der Waals surface area contributed by atoms with Crippen molar-refractivity contribution in [3.63, 3.8) is 0 Å². The minimum Gasteiger partial charge on any atom is -0.352 e. The summed E-state index contributed by atoms with van der Waals surface area (Å²) in [4.78, 5) is 21.0. The van der Waals surface area contributed by atoms with Crippen molar-refractivity contribution in [2.24, 2.45) is 4.99 Å². The highest BCUT2D eigenvalue weighted by molar-refractivity contribution is 14.0. The highest BCUT2D eigenvalue weighted by atomic mass is 127. The van der Waals surface area contributed by atoms with Crippen LogP contribution in [-0.4, -0.2) is 73.5 Å². The standard InChI is InChI=1S/C16H31N5O.HI/c1-13(2)19-15(22)11-18-16(17-3)21-10-7-14(12-21)20-8-5-4-6-9-20;/h13-14H,4-12H2,1-3H3,(H,17,18)(H,19,22);1H. The van der Waals surface area contributed by atoms with E-state index in [2.05, 4.69) is 25.4 Å². The second kappa shape index (κ2) is 10.3. The summed E-state index contributed by atoms with van der Waals surface area (Å²) >= 11 is 0. The van der Waals surface area contributed by atoms with Crippen molar-refractivity contribution in [3.8, 4) is 0 Å². The Balaban J connectivity index is 0.00000264. The Hall–Kier alpha value is -0.570. The number of piperidine rings is 1. The first-order valence-corrected chi connectivity index (χ1v) is 8.59. The molecule has 2 N–H and O–H groups in total. The number of nitrogens with zero attached hydrogens (tertiary/aromatic N) is 3. The Morgan fingerprint density at radius 1 is 1.22 bits per heavy atom. The zero-order valence-electron chi connectivity index (χ0n) is 14.7. The van der Waals surface area contributed by atoms with Crippen molar-refractivity contribution in [2.45, 2.75) is 51.6 Å². The normalized spacial score (nSPS) is 22.9. The molecule has 23 heavy (non-hydrogen) atoms. The molecule has 0 aromatic heterocycles. The van der Waals surface area contributed by atoms with E-state index in [1.165, 1.54) is 38.8 Å². The minimum atomic E-state index is 0. The van der Waals surface area contributed by atoms with E-state index in [-0.39, 0.29) is 42.5 Å². The molecule has 0 aromatic carbocycles. The van der Waals surface area contributed by atoms with Gasteiger partial charge in [-0.25, -0.2) is 0 Å². The van der Waals surface area contributed by atoms with E-state index in [9.17, 15) is 4.79 Å². The molecule has 1 atom stereocenters. The van der Waals surface area contributed by atoms with Crippen LogP contribution in [0.25, 0.3) is 0 Å². The summed E-state index contributed by atoms with van der Waals surface area (Å²) in [7, 11) is 1.79. The predicted octanol–water partition coefficient (Wildman–Crippen LogP) is 1.26. The quantitative estimate of drug-likeness (QED) is 0.395. The van der Waals surface area contributed by atoms with Gasteiger partial charge in [-0.1, -0.05) is 6.42 Å². The molecular formula is C16H32IN5O. The van der Waals surface area contributed by atoms with Crippen molar-refractivity contribution in [1.29, 1.82) is 0 Å². The van der Waals surface area contributed by atoms with Crippen LogP contribution in [0.1, 0.15) is 39.5 Å². The molecule has 0 radical (unpaired) electrons. The number of amides is 1. The van der Waals surface area contributed by atoms with E-state index >= 15 is 0 Å². The first-order valence-electron chi connectivity index (χ1n) is 8.59. The number of rotatable bonds is 4. The van der Waals surface area contributed by atoms with Crippen LogP contribution in [0, 0.1) is 0 Å². The molecule has 0 spiro atoms. The number of guanidine groups is 1. The topological polar surface area (TPSA) is 60.0 Å². The highest BCUT2D eigenvalue weighted by Gasteiger charge is 2.30. The second-order valence-corrected chi connectivity index (χ2v) is 6.61. The van der Waals surface area contributed by atoms with Crippen LogP contribution in [0.15, 0.2) is 4.99 Å².